The molecule has 0 spiro atoms. The summed E-state index contributed by atoms with van der Waals surface area (Å²) in [5.74, 6) is -1.13. The Morgan fingerprint density at radius 3 is 2.79 bits per heavy atom. The highest BCUT2D eigenvalue weighted by Gasteiger charge is 2.49. The quantitative estimate of drug-likeness (QED) is 0.893. The van der Waals surface area contributed by atoms with Crippen molar-refractivity contribution in [2.24, 2.45) is 0 Å². The van der Waals surface area contributed by atoms with Gasteiger partial charge in [-0.1, -0.05) is 0 Å². The van der Waals surface area contributed by atoms with Crippen LogP contribution in [0.2, 0.25) is 0 Å². The molecular weight excluding hydrogens is 336 g/mol. The van der Waals surface area contributed by atoms with E-state index in [1.54, 1.807) is 0 Å². The lowest BCUT2D eigenvalue weighted by atomic mass is 10.0. The third-order valence-electron chi connectivity index (χ3n) is 3.30. The Morgan fingerprint density at radius 2 is 2.21 bits per heavy atom. The van der Waals surface area contributed by atoms with Crippen molar-refractivity contribution in [3.8, 4) is 0 Å². The van der Waals surface area contributed by atoms with Crippen LogP contribution in [0.5, 0.6) is 0 Å². The number of halogens is 1. The van der Waals surface area contributed by atoms with Crippen LogP contribution in [0.1, 0.15) is 19.8 Å². The zero-order chi connectivity index (χ0) is 14.3. The molecule has 19 heavy (non-hydrogen) atoms. The Balaban J connectivity index is 2.48. The van der Waals surface area contributed by atoms with Crippen LogP contribution in [-0.4, -0.2) is 40.9 Å². The van der Waals surface area contributed by atoms with E-state index in [2.05, 4.69) is 20.9 Å². The summed E-state index contributed by atoms with van der Waals surface area (Å²) < 4.78 is 26.6. The summed E-state index contributed by atoms with van der Waals surface area (Å²) in [7, 11) is -3.85. The summed E-state index contributed by atoms with van der Waals surface area (Å²) in [6.07, 6.45) is 3.53. The van der Waals surface area contributed by atoms with Gasteiger partial charge in [0.1, 0.15) is 10.4 Å². The normalized spacial score (nSPS) is 24.5. The van der Waals surface area contributed by atoms with E-state index in [0.717, 1.165) is 4.31 Å². The molecule has 1 atom stereocenters. The molecule has 2 rings (SSSR count). The number of aliphatic carboxylic acids is 1. The summed E-state index contributed by atoms with van der Waals surface area (Å²) in [6, 6.07) is 1.42. The van der Waals surface area contributed by atoms with Gasteiger partial charge in [-0.05, 0) is 41.8 Å². The van der Waals surface area contributed by atoms with Crippen LogP contribution in [0.4, 0.5) is 0 Å². The van der Waals surface area contributed by atoms with E-state index in [9.17, 15) is 18.3 Å². The molecule has 1 aromatic rings. The van der Waals surface area contributed by atoms with Crippen molar-refractivity contribution in [3.63, 3.8) is 0 Å². The average molecular weight is 349 g/mol. The fourth-order valence-electron chi connectivity index (χ4n) is 2.20. The van der Waals surface area contributed by atoms with Crippen molar-refractivity contribution >= 4 is 31.9 Å². The third-order valence-corrected chi connectivity index (χ3v) is 5.72. The number of carboxylic acids is 1. The van der Waals surface area contributed by atoms with Gasteiger partial charge in [0.2, 0.25) is 10.0 Å². The number of aromatic nitrogens is 1. The highest BCUT2D eigenvalue weighted by atomic mass is 79.9. The third kappa shape index (κ3) is 2.39. The minimum Gasteiger partial charge on any atom is -0.480 e. The molecule has 0 radical (unpaired) electrons. The van der Waals surface area contributed by atoms with Gasteiger partial charge >= 0.3 is 5.97 Å². The van der Waals surface area contributed by atoms with Crippen LogP contribution in [-0.2, 0) is 14.8 Å². The number of hydrogen-bond donors (Lipinski definition) is 1. The Labute approximate surface area is 119 Å². The second-order valence-corrected chi connectivity index (χ2v) is 7.38. The topological polar surface area (TPSA) is 87.6 Å². The van der Waals surface area contributed by atoms with Crippen LogP contribution < -0.4 is 0 Å². The maximum Gasteiger partial charge on any atom is 0.324 e. The number of pyridine rings is 1. The summed E-state index contributed by atoms with van der Waals surface area (Å²) in [4.78, 5) is 15.2. The number of carboxylic acid groups (broad SMARTS) is 1. The first-order valence-corrected chi connectivity index (χ1v) is 7.88. The summed E-state index contributed by atoms with van der Waals surface area (Å²) in [6.45, 7) is 1.64. The fraction of sp³-hybridized carbons (Fsp3) is 0.455. The van der Waals surface area contributed by atoms with Crippen LogP contribution in [0.3, 0.4) is 0 Å². The molecule has 1 fully saturated rings. The maximum atomic E-state index is 12.5. The molecule has 0 aromatic carbocycles. The van der Waals surface area contributed by atoms with Crippen molar-refractivity contribution < 1.29 is 18.3 Å². The molecule has 2 heterocycles. The molecule has 0 aliphatic carbocycles. The lowest BCUT2D eigenvalue weighted by Gasteiger charge is -2.30. The van der Waals surface area contributed by atoms with Crippen molar-refractivity contribution in [1.29, 1.82) is 0 Å². The fourth-order valence-corrected chi connectivity index (χ4v) is 4.51. The molecule has 1 aliphatic heterocycles. The Bertz CT molecular complexity index is 619. The highest BCUT2D eigenvalue weighted by Crippen LogP contribution is 2.34. The van der Waals surface area contributed by atoms with Gasteiger partial charge in [0.25, 0.3) is 0 Å². The van der Waals surface area contributed by atoms with E-state index >= 15 is 0 Å². The van der Waals surface area contributed by atoms with Crippen LogP contribution >= 0.6 is 15.9 Å². The van der Waals surface area contributed by atoms with E-state index in [4.69, 9.17) is 0 Å². The molecule has 8 heteroatoms. The van der Waals surface area contributed by atoms with E-state index in [-0.39, 0.29) is 11.4 Å². The lowest BCUT2D eigenvalue weighted by molar-refractivity contribution is -0.146. The number of nitrogens with zero attached hydrogens (tertiary/aromatic N) is 2. The van der Waals surface area contributed by atoms with E-state index in [0.29, 0.717) is 17.3 Å². The van der Waals surface area contributed by atoms with Gasteiger partial charge in [-0.25, -0.2) is 8.42 Å². The number of sulfonamides is 1. The number of carbonyl (C=O) groups is 1. The van der Waals surface area contributed by atoms with E-state index in [1.165, 1.54) is 25.4 Å². The molecular formula is C11H13BrN2O4S. The first-order valence-electron chi connectivity index (χ1n) is 5.65. The molecule has 1 unspecified atom stereocenters. The van der Waals surface area contributed by atoms with Crippen molar-refractivity contribution in [3.05, 3.63) is 22.9 Å². The molecule has 1 N–H and O–H groups in total. The van der Waals surface area contributed by atoms with Gasteiger partial charge in [-0.3, -0.25) is 9.78 Å². The van der Waals surface area contributed by atoms with Crippen molar-refractivity contribution in [2.45, 2.75) is 30.2 Å². The zero-order valence-corrected chi connectivity index (χ0v) is 12.6. The second-order valence-electron chi connectivity index (χ2n) is 4.60. The molecule has 0 saturated carbocycles. The van der Waals surface area contributed by atoms with Gasteiger partial charge in [-0.2, -0.15) is 4.31 Å². The summed E-state index contributed by atoms with van der Waals surface area (Å²) >= 11 is 3.16. The number of hydrogen-bond acceptors (Lipinski definition) is 4. The predicted molar refractivity (Wildman–Crippen MR) is 71.1 cm³/mol. The SMILES string of the molecule is CC1(C(=O)O)CCCN1S(=O)(=O)c1cncc(Br)c1. The second kappa shape index (κ2) is 4.84. The van der Waals surface area contributed by atoms with Crippen molar-refractivity contribution in [1.82, 2.24) is 9.29 Å². The summed E-state index contributed by atoms with van der Waals surface area (Å²) in [5.41, 5.74) is -1.39. The first kappa shape index (κ1) is 14.4. The molecule has 1 aromatic heterocycles. The van der Waals surface area contributed by atoms with Crippen molar-refractivity contribution in [2.75, 3.05) is 6.54 Å². The largest absolute Gasteiger partial charge is 0.480 e. The summed E-state index contributed by atoms with van der Waals surface area (Å²) in [5, 5.41) is 9.28. The highest BCUT2D eigenvalue weighted by molar-refractivity contribution is 9.10. The molecule has 0 bridgehead atoms. The van der Waals surface area contributed by atoms with Gasteiger partial charge < -0.3 is 5.11 Å². The smallest absolute Gasteiger partial charge is 0.324 e. The predicted octanol–water partition coefficient (Wildman–Crippen LogP) is 1.47. The van der Waals surface area contributed by atoms with Crippen LogP contribution in [0, 0.1) is 0 Å². The Kier molecular flexibility index (Phi) is 3.67. The minimum absolute atomic E-state index is 0.00347. The monoisotopic (exact) mass is 348 g/mol. The van der Waals surface area contributed by atoms with Gasteiger partial charge in [0.05, 0.1) is 0 Å². The van der Waals surface area contributed by atoms with Crippen LogP contribution in [0.15, 0.2) is 27.8 Å². The zero-order valence-electron chi connectivity index (χ0n) is 10.2. The van der Waals surface area contributed by atoms with Gasteiger partial charge in [0.15, 0.2) is 0 Å². The molecule has 6 nitrogen and oxygen atoms in total. The maximum absolute atomic E-state index is 12.5. The molecule has 104 valence electrons. The molecule has 0 amide bonds. The lowest BCUT2D eigenvalue weighted by Crippen LogP contribution is -2.50. The van der Waals surface area contributed by atoms with E-state index < -0.39 is 21.5 Å². The molecule has 1 aliphatic rings. The minimum atomic E-state index is -3.85. The molecule has 1 saturated heterocycles. The first-order chi connectivity index (χ1) is 8.78. The van der Waals surface area contributed by atoms with E-state index in [1.807, 2.05) is 0 Å². The Hall–Kier alpha value is -0.990. The van der Waals surface area contributed by atoms with Gasteiger partial charge in [-0.15, -0.1) is 0 Å². The van der Waals surface area contributed by atoms with Gasteiger partial charge in [0, 0.05) is 23.4 Å². The Morgan fingerprint density at radius 1 is 1.53 bits per heavy atom. The van der Waals surface area contributed by atoms with Crippen LogP contribution in [0.25, 0.3) is 0 Å². The number of rotatable bonds is 3. The average Bonchev–Trinajstić information content (AvgIpc) is 2.73. The standard InChI is InChI=1S/C11H13BrN2O4S/c1-11(10(15)16)3-2-4-14(11)19(17,18)9-5-8(12)6-13-7-9/h5-7H,2-4H2,1H3,(H,15,16).